The summed E-state index contributed by atoms with van der Waals surface area (Å²) in [6.07, 6.45) is 7.29. The van der Waals surface area contributed by atoms with E-state index in [0.29, 0.717) is 6.42 Å². The number of carbonyl (C=O) groups is 1. The number of aromatic amines is 1. The Balaban J connectivity index is 1.70. The van der Waals surface area contributed by atoms with Gasteiger partial charge in [-0.2, -0.15) is 5.10 Å². The summed E-state index contributed by atoms with van der Waals surface area (Å²) in [4.78, 5) is 15.9. The van der Waals surface area contributed by atoms with Crippen LogP contribution in [-0.2, 0) is 17.8 Å². The molecule has 3 rings (SSSR count). The van der Waals surface area contributed by atoms with Crippen LogP contribution in [0.1, 0.15) is 30.4 Å². The van der Waals surface area contributed by atoms with Crippen LogP contribution in [0, 0.1) is 0 Å². The molecule has 0 saturated carbocycles. The lowest BCUT2D eigenvalue weighted by atomic mass is 9.97. The van der Waals surface area contributed by atoms with Crippen LogP contribution in [0.3, 0.4) is 0 Å². The zero-order valence-corrected chi connectivity index (χ0v) is 15.1. The fourth-order valence-corrected chi connectivity index (χ4v) is 3.65. The Hall–Kier alpha value is -1.76. The molecule has 1 saturated heterocycles. The van der Waals surface area contributed by atoms with Gasteiger partial charge in [0.15, 0.2) is 0 Å². The number of likely N-dealkylation sites (N-methyl/N-ethyl adjacent to an activating group) is 1. The summed E-state index contributed by atoms with van der Waals surface area (Å²) in [6.45, 7) is 5.44. The molecule has 1 aromatic carbocycles. The molecule has 0 unspecified atom stereocenters. The van der Waals surface area contributed by atoms with Gasteiger partial charge in [0.2, 0.25) is 0 Å². The van der Waals surface area contributed by atoms with Crippen molar-refractivity contribution in [1.82, 2.24) is 20.0 Å². The Kier molecular flexibility index (Phi) is 6.18. The van der Waals surface area contributed by atoms with Crippen LogP contribution in [0.15, 0.2) is 18.3 Å². The monoisotopic (exact) mass is 343 g/mol. The van der Waals surface area contributed by atoms with E-state index < -0.39 is 6.04 Å². The Bertz CT molecular complexity index is 692. The van der Waals surface area contributed by atoms with Crippen LogP contribution in [0.5, 0.6) is 0 Å². The summed E-state index contributed by atoms with van der Waals surface area (Å²) in [5, 5.41) is 8.34. The second kappa shape index (κ2) is 8.56. The summed E-state index contributed by atoms with van der Waals surface area (Å²) in [6, 6.07) is 3.63. The molecule has 3 N–H and O–H groups in total. The predicted octanol–water partition coefficient (Wildman–Crippen LogP) is 1.55. The van der Waals surface area contributed by atoms with Gasteiger partial charge in [0, 0.05) is 25.0 Å². The van der Waals surface area contributed by atoms with E-state index >= 15 is 0 Å². The van der Waals surface area contributed by atoms with Crippen molar-refractivity contribution in [3.8, 4) is 0 Å². The average Bonchev–Trinajstić information content (AvgIpc) is 3.11. The van der Waals surface area contributed by atoms with Crippen molar-refractivity contribution < 1.29 is 4.79 Å². The van der Waals surface area contributed by atoms with Gasteiger partial charge in [-0.3, -0.25) is 5.10 Å². The Morgan fingerprint density at radius 2 is 2.16 bits per heavy atom. The van der Waals surface area contributed by atoms with E-state index in [4.69, 9.17) is 5.73 Å². The Morgan fingerprint density at radius 1 is 1.36 bits per heavy atom. The number of hydrogen-bond acceptors (Lipinski definition) is 5. The highest BCUT2D eigenvalue weighted by Gasteiger charge is 2.15. The fourth-order valence-electron chi connectivity index (χ4n) is 3.65. The van der Waals surface area contributed by atoms with E-state index in [-0.39, 0.29) is 0 Å². The van der Waals surface area contributed by atoms with Gasteiger partial charge in [0.05, 0.1) is 17.8 Å². The zero-order chi connectivity index (χ0) is 17.6. The minimum absolute atomic E-state index is 0.457. The number of nitrogens with one attached hydrogen (secondary N) is 1. The molecule has 6 nitrogen and oxygen atoms in total. The first kappa shape index (κ1) is 18.0. The van der Waals surface area contributed by atoms with Gasteiger partial charge in [0.1, 0.15) is 6.29 Å². The Labute approximate surface area is 149 Å². The first-order valence-electron chi connectivity index (χ1n) is 9.23. The molecule has 0 amide bonds. The number of nitrogens with zero attached hydrogens (tertiary/aromatic N) is 3. The lowest BCUT2D eigenvalue weighted by Gasteiger charge is -2.29. The topological polar surface area (TPSA) is 78.2 Å². The molecule has 136 valence electrons. The number of hydrogen-bond donors (Lipinski definition) is 2. The summed E-state index contributed by atoms with van der Waals surface area (Å²) in [5.74, 6) is 0. The second-order valence-electron chi connectivity index (χ2n) is 7.18. The minimum atomic E-state index is -0.457. The third-order valence-corrected chi connectivity index (χ3v) is 5.14. The van der Waals surface area contributed by atoms with E-state index in [1.807, 2.05) is 12.3 Å². The van der Waals surface area contributed by atoms with Crippen molar-refractivity contribution in [1.29, 1.82) is 0 Å². The second-order valence-corrected chi connectivity index (χ2v) is 7.18. The quantitative estimate of drug-likeness (QED) is 0.711. The molecule has 2 aromatic rings. The molecule has 2 heterocycles. The summed E-state index contributed by atoms with van der Waals surface area (Å²) in [7, 11) is 2.16. The third-order valence-electron chi connectivity index (χ3n) is 5.14. The number of H-pyrrole nitrogens is 1. The van der Waals surface area contributed by atoms with Crippen LogP contribution in [0.2, 0.25) is 0 Å². The SMILES string of the molecule is CN(CCN1CCCCC1)Cc1c(C[C@@H](N)C=O)ccc2[nH]ncc12. The molecule has 25 heavy (non-hydrogen) atoms. The third kappa shape index (κ3) is 4.66. The standard InChI is InChI=1S/C19H29N5O/c1-23(9-10-24-7-3-2-4-8-24)13-18-15(11-16(20)14-25)5-6-19-17(18)12-21-22-19/h5-6,12,14,16H,2-4,7-11,13,20H2,1H3,(H,21,22)/t16-/m1/s1. The molecule has 6 heteroatoms. The van der Waals surface area contributed by atoms with Gasteiger partial charge in [-0.05, 0) is 56.6 Å². The van der Waals surface area contributed by atoms with Crippen molar-refractivity contribution in [3.05, 3.63) is 29.5 Å². The summed E-state index contributed by atoms with van der Waals surface area (Å²) in [5.41, 5.74) is 9.26. The number of benzene rings is 1. The van der Waals surface area contributed by atoms with Crippen molar-refractivity contribution in [2.24, 2.45) is 5.73 Å². The van der Waals surface area contributed by atoms with Crippen LogP contribution in [0.4, 0.5) is 0 Å². The van der Waals surface area contributed by atoms with E-state index in [2.05, 4.69) is 33.1 Å². The molecule has 0 bridgehead atoms. The molecule has 1 aliphatic rings. The van der Waals surface area contributed by atoms with Gasteiger partial charge in [-0.1, -0.05) is 12.5 Å². The lowest BCUT2D eigenvalue weighted by Crippen LogP contribution is -2.36. The average molecular weight is 343 g/mol. The van der Waals surface area contributed by atoms with E-state index in [9.17, 15) is 4.79 Å². The van der Waals surface area contributed by atoms with Crippen molar-refractivity contribution >= 4 is 17.2 Å². The fraction of sp³-hybridized carbons (Fsp3) is 0.579. The molecular weight excluding hydrogens is 314 g/mol. The molecule has 0 spiro atoms. The number of aldehydes is 1. The van der Waals surface area contributed by atoms with Gasteiger partial charge in [-0.15, -0.1) is 0 Å². The maximum atomic E-state index is 11.0. The number of fused-ring (bicyclic) bond motifs is 1. The first-order chi connectivity index (χ1) is 12.2. The van der Waals surface area contributed by atoms with Gasteiger partial charge in [-0.25, -0.2) is 0 Å². The number of piperidine rings is 1. The van der Waals surface area contributed by atoms with Crippen LogP contribution in [0.25, 0.3) is 10.9 Å². The van der Waals surface area contributed by atoms with Crippen LogP contribution in [-0.4, -0.2) is 65.6 Å². The van der Waals surface area contributed by atoms with E-state index in [1.165, 1.54) is 37.9 Å². The molecule has 1 aromatic heterocycles. The highest BCUT2D eigenvalue weighted by molar-refractivity contribution is 5.83. The lowest BCUT2D eigenvalue weighted by molar-refractivity contribution is -0.108. The van der Waals surface area contributed by atoms with Gasteiger partial charge >= 0.3 is 0 Å². The molecule has 1 fully saturated rings. The predicted molar refractivity (Wildman–Crippen MR) is 100 cm³/mol. The maximum absolute atomic E-state index is 11.0. The number of likely N-dealkylation sites (tertiary alicyclic amines) is 1. The molecule has 0 aliphatic carbocycles. The minimum Gasteiger partial charge on any atom is -0.321 e. The molecule has 0 radical (unpaired) electrons. The van der Waals surface area contributed by atoms with Crippen molar-refractivity contribution in [3.63, 3.8) is 0 Å². The van der Waals surface area contributed by atoms with E-state index in [1.54, 1.807) is 0 Å². The van der Waals surface area contributed by atoms with E-state index in [0.717, 1.165) is 42.4 Å². The summed E-state index contributed by atoms with van der Waals surface area (Å²) >= 11 is 0. The number of rotatable bonds is 8. The molecule has 1 aliphatic heterocycles. The normalized spacial score (nSPS) is 17.2. The smallest absolute Gasteiger partial charge is 0.137 e. The first-order valence-corrected chi connectivity index (χ1v) is 9.23. The van der Waals surface area contributed by atoms with Gasteiger partial charge < -0.3 is 20.3 Å². The van der Waals surface area contributed by atoms with Crippen molar-refractivity contribution in [2.75, 3.05) is 33.2 Å². The van der Waals surface area contributed by atoms with Crippen LogP contribution >= 0.6 is 0 Å². The number of carbonyl (C=O) groups excluding carboxylic acids is 1. The largest absolute Gasteiger partial charge is 0.321 e. The highest BCUT2D eigenvalue weighted by atomic mass is 16.1. The molecule has 1 atom stereocenters. The molecular formula is C19H29N5O. The number of aromatic nitrogens is 2. The summed E-state index contributed by atoms with van der Waals surface area (Å²) < 4.78 is 0. The van der Waals surface area contributed by atoms with Gasteiger partial charge in [0.25, 0.3) is 0 Å². The van der Waals surface area contributed by atoms with Crippen LogP contribution < -0.4 is 5.73 Å². The van der Waals surface area contributed by atoms with Crippen molar-refractivity contribution in [2.45, 2.75) is 38.3 Å². The Morgan fingerprint density at radius 3 is 2.92 bits per heavy atom. The highest BCUT2D eigenvalue weighted by Crippen LogP contribution is 2.23. The zero-order valence-electron chi connectivity index (χ0n) is 15.1. The maximum Gasteiger partial charge on any atom is 0.137 e. The number of nitrogens with two attached hydrogens (primary N) is 1.